The van der Waals surface area contributed by atoms with Crippen molar-refractivity contribution in [1.29, 1.82) is 0 Å². The third kappa shape index (κ3) is 7.50. The number of hydrogen-bond donors (Lipinski definition) is 0. The number of hydrogen-bond acceptors (Lipinski definition) is 2. The zero-order chi connectivity index (χ0) is 63.1. The second-order valence-electron chi connectivity index (χ2n) is 26.0. The van der Waals surface area contributed by atoms with Gasteiger partial charge >= 0.3 is 0 Å². The third-order valence-corrected chi connectivity index (χ3v) is 20.9. The molecule has 7 heterocycles. The molecular weight excluding hydrogens is 1180 g/mol. The first-order valence-electron chi connectivity index (χ1n) is 33.2. The number of para-hydroxylation sites is 7. The van der Waals surface area contributed by atoms with E-state index in [0.717, 1.165) is 128 Å². The quantitative estimate of drug-likeness (QED) is 0.160. The van der Waals surface area contributed by atoms with Crippen LogP contribution < -0.4 is 0 Å². The maximum absolute atomic E-state index is 6.55. The molecule has 0 aliphatic carbocycles. The molecule has 0 atom stereocenters. The molecule has 0 aliphatic heterocycles. The lowest BCUT2D eigenvalue weighted by Gasteiger charge is -2.11. The van der Waals surface area contributed by atoms with Crippen LogP contribution >= 0.6 is 0 Å². The summed E-state index contributed by atoms with van der Waals surface area (Å²) in [5.74, 6) is 0. The van der Waals surface area contributed by atoms with Crippen molar-refractivity contribution in [2.24, 2.45) is 0 Å². The van der Waals surface area contributed by atoms with E-state index < -0.39 is 0 Å². The molecule has 22 aromatic rings. The summed E-state index contributed by atoms with van der Waals surface area (Å²) >= 11 is 0. The molecule has 0 spiro atoms. The first-order valence-corrected chi connectivity index (χ1v) is 33.2. The highest BCUT2D eigenvalue weighted by molar-refractivity contribution is 6.17. The molecule has 0 unspecified atom stereocenters. The van der Waals surface area contributed by atoms with E-state index in [2.05, 4.69) is 344 Å². The number of aromatic nitrogens is 5. The van der Waals surface area contributed by atoms with Crippen molar-refractivity contribution in [3.05, 3.63) is 322 Å². The van der Waals surface area contributed by atoms with E-state index in [9.17, 15) is 0 Å². The van der Waals surface area contributed by atoms with Crippen molar-refractivity contribution < 1.29 is 8.83 Å². The van der Waals surface area contributed by atoms with Gasteiger partial charge in [-0.1, -0.05) is 152 Å². The summed E-state index contributed by atoms with van der Waals surface area (Å²) in [5, 5.41) is 16.5. The zero-order valence-electron chi connectivity index (χ0n) is 52.2. The normalized spacial score (nSPS) is 12.3. The second-order valence-corrected chi connectivity index (χ2v) is 26.0. The van der Waals surface area contributed by atoms with Gasteiger partial charge in [0.1, 0.15) is 22.3 Å². The number of nitrogens with zero attached hydrogens (tertiary/aromatic N) is 5. The van der Waals surface area contributed by atoms with Crippen molar-refractivity contribution >= 4 is 153 Å². The molecule has 0 saturated heterocycles. The summed E-state index contributed by atoms with van der Waals surface area (Å²) in [6.45, 7) is 0. The van der Waals surface area contributed by atoms with Gasteiger partial charge in [-0.25, -0.2) is 0 Å². The SMILES string of the molecule is c1ccc(-n2c3ccc(-n4c5ccccc5c5cc(-c6ccc7oc8ccc(-n9c%10ccccc%10c%10ccccc%109)cc8c7c6)ccc54)cc3c3cc(-n4c5ccccc5c5cc(-c6ccc7oc8ccc(-n9c%10ccccc%10c%10ccccc%109)cc8c7c6)ccc54)ccc32)cc1. The summed E-state index contributed by atoms with van der Waals surface area (Å²) in [6.07, 6.45) is 0. The molecule has 15 aromatic carbocycles. The monoisotopic (exact) mass is 1240 g/mol. The highest BCUT2D eigenvalue weighted by Crippen LogP contribution is 2.45. The Morgan fingerprint density at radius 1 is 0.144 bits per heavy atom. The molecule has 0 radical (unpaired) electrons. The first kappa shape index (κ1) is 52.4. The van der Waals surface area contributed by atoms with Gasteiger partial charge < -0.3 is 31.7 Å². The van der Waals surface area contributed by atoms with Crippen molar-refractivity contribution in [1.82, 2.24) is 22.8 Å². The fraction of sp³-hybridized carbons (Fsp3) is 0. The Morgan fingerprint density at radius 3 is 0.711 bits per heavy atom. The first-order chi connectivity index (χ1) is 48.1. The average molecular weight is 1240 g/mol. The summed E-state index contributed by atoms with van der Waals surface area (Å²) in [6, 6.07) is 118. The van der Waals surface area contributed by atoms with Crippen LogP contribution in [0.25, 0.3) is 204 Å². The van der Waals surface area contributed by atoms with Crippen LogP contribution in [0.5, 0.6) is 0 Å². The molecule has 7 nitrogen and oxygen atoms in total. The van der Waals surface area contributed by atoms with E-state index in [-0.39, 0.29) is 0 Å². The second kappa shape index (κ2) is 19.7. The molecule has 0 fully saturated rings. The van der Waals surface area contributed by atoms with Crippen LogP contribution in [0.2, 0.25) is 0 Å². The van der Waals surface area contributed by atoms with Crippen LogP contribution in [0.15, 0.2) is 330 Å². The predicted molar refractivity (Wildman–Crippen MR) is 404 cm³/mol. The van der Waals surface area contributed by atoms with Gasteiger partial charge in [0.15, 0.2) is 0 Å². The van der Waals surface area contributed by atoms with Gasteiger partial charge in [-0.15, -0.1) is 0 Å². The number of rotatable bonds is 7. The van der Waals surface area contributed by atoms with Crippen molar-refractivity contribution in [3.8, 4) is 50.7 Å². The van der Waals surface area contributed by atoms with Gasteiger partial charge in [-0.2, -0.15) is 0 Å². The molecule has 0 aliphatic rings. The van der Waals surface area contributed by atoms with Gasteiger partial charge in [-0.05, 0) is 192 Å². The van der Waals surface area contributed by atoms with Crippen molar-refractivity contribution in [3.63, 3.8) is 0 Å². The molecule has 0 saturated carbocycles. The lowest BCUT2D eigenvalue weighted by molar-refractivity contribution is 0.668. The number of fused-ring (bicyclic) bond motifs is 21. The lowest BCUT2D eigenvalue weighted by atomic mass is 10.0. The van der Waals surface area contributed by atoms with E-state index in [0.29, 0.717) is 0 Å². The Labute approximate surface area is 553 Å². The van der Waals surface area contributed by atoms with E-state index in [4.69, 9.17) is 8.83 Å². The van der Waals surface area contributed by atoms with Gasteiger partial charge in [-0.3, -0.25) is 0 Å². The van der Waals surface area contributed by atoms with Crippen LogP contribution in [-0.4, -0.2) is 22.8 Å². The predicted octanol–water partition coefficient (Wildman–Crippen LogP) is 24.3. The number of benzene rings is 15. The van der Waals surface area contributed by atoms with E-state index in [1.54, 1.807) is 0 Å². The highest BCUT2D eigenvalue weighted by Gasteiger charge is 2.23. The van der Waals surface area contributed by atoms with E-state index in [1.807, 2.05) is 0 Å². The van der Waals surface area contributed by atoms with Crippen LogP contribution in [0, 0.1) is 0 Å². The minimum atomic E-state index is 0.872. The Kier molecular flexibility index (Phi) is 10.7. The molecule has 0 N–H and O–H groups in total. The molecule has 7 aromatic heterocycles. The molecule has 7 heteroatoms. The number of furan rings is 2. The Bertz CT molecular complexity index is 6630. The largest absolute Gasteiger partial charge is 0.456 e. The highest BCUT2D eigenvalue weighted by atomic mass is 16.3. The van der Waals surface area contributed by atoms with Crippen LogP contribution in [0.4, 0.5) is 0 Å². The summed E-state index contributed by atoms with van der Waals surface area (Å²) in [7, 11) is 0. The Morgan fingerprint density at radius 2 is 0.361 bits per heavy atom. The standard InChI is InChI=1S/C90H53N5O2/c1-2-16-58(17-3-1)91-85-40-34-59(94-81-28-14-8-22-67(81)69-46-54(30-38-83(69)94)56-32-42-87-73(48-56)75-52-61(36-44-89(75)96-87)92-77-24-10-4-18-63(77)64-19-5-11-25-78(64)92)50-71(85)72-51-60(35-41-86(72)91)95-82-29-15-9-23-68(82)70-47-55(31-39-84(70)95)57-33-43-88-74(49-57)76-53-62(37-45-90(76)97-88)93-79-26-12-6-20-65(79)66-21-7-13-27-80(66)93/h1-53H. The van der Waals surface area contributed by atoms with Gasteiger partial charge in [0, 0.05) is 104 Å². The minimum Gasteiger partial charge on any atom is -0.456 e. The summed E-state index contributed by atoms with van der Waals surface area (Å²) in [4.78, 5) is 0. The smallest absolute Gasteiger partial charge is 0.135 e. The van der Waals surface area contributed by atoms with Crippen LogP contribution in [0.1, 0.15) is 0 Å². The van der Waals surface area contributed by atoms with E-state index in [1.165, 1.54) is 75.9 Å². The van der Waals surface area contributed by atoms with Crippen molar-refractivity contribution in [2.45, 2.75) is 0 Å². The van der Waals surface area contributed by atoms with Gasteiger partial charge in [0.25, 0.3) is 0 Å². The Balaban J connectivity index is 0.661. The van der Waals surface area contributed by atoms with Gasteiger partial charge in [0.05, 0.1) is 55.2 Å². The van der Waals surface area contributed by atoms with Crippen LogP contribution in [0.3, 0.4) is 0 Å². The molecular formula is C90H53N5O2. The third-order valence-electron chi connectivity index (χ3n) is 20.9. The lowest BCUT2D eigenvalue weighted by Crippen LogP contribution is -1.96. The molecule has 0 bridgehead atoms. The fourth-order valence-corrected chi connectivity index (χ4v) is 16.6. The van der Waals surface area contributed by atoms with Crippen LogP contribution in [-0.2, 0) is 0 Å². The van der Waals surface area contributed by atoms with Crippen molar-refractivity contribution in [2.75, 3.05) is 0 Å². The molecule has 0 amide bonds. The topological polar surface area (TPSA) is 50.9 Å². The summed E-state index contributed by atoms with van der Waals surface area (Å²) < 4.78 is 25.2. The molecule has 22 rings (SSSR count). The average Bonchev–Trinajstić information content (AvgIpc) is 1.58. The molecule has 450 valence electrons. The maximum Gasteiger partial charge on any atom is 0.135 e. The zero-order valence-corrected chi connectivity index (χ0v) is 52.2. The van der Waals surface area contributed by atoms with E-state index >= 15 is 0 Å². The maximum atomic E-state index is 6.55. The minimum absolute atomic E-state index is 0.872. The summed E-state index contributed by atoms with van der Waals surface area (Å²) in [5.41, 5.74) is 25.2. The fourth-order valence-electron chi connectivity index (χ4n) is 16.6. The van der Waals surface area contributed by atoms with Gasteiger partial charge in [0.2, 0.25) is 0 Å². The Hall–Kier alpha value is -13.1. The molecule has 97 heavy (non-hydrogen) atoms.